The maximum atomic E-state index is 13.1. The monoisotopic (exact) mass is 528 g/mol. The zero-order valence-corrected chi connectivity index (χ0v) is 21.5. The van der Waals surface area contributed by atoms with Crippen LogP contribution < -0.4 is 16.0 Å². The summed E-state index contributed by atoms with van der Waals surface area (Å²) in [4.78, 5) is 43.2. The number of hydrogen-bond donors (Lipinski definition) is 3. The largest absolute Gasteiger partial charge is 0.321 e. The summed E-state index contributed by atoms with van der Waals surface area (Å²) < 4.78 is 0. The van der Waals surface area contributed by atoms with Crippen LogP contribution in [0.25, 0.3) is 6.08 Å². The molecule has 1 unspecified atom stereocenters. The number of nitrogens with one attached hydrogen (secondary N) is 3. The second kappa shape index (κ2) is 12.7. The third-order valence-electron chi connectivity index (χ3n) is 5.09. The van der Waals surface area contributed by atoms with E-state index in [2.05, 4.69) is 20.9 Å². The zero-order valence-electron chi connectivity index (χ0n) is 19.9. The van der Waals surface area contributed by atoms with Crippen LogP contribution >= 0.6 is 23.1 Å². The van der Waals surface area contributed by atoms with Gasteiger partial charge in [0, 0.05) is 22.3 Å². The number of thiophene rings is 1. The number of nitrogens with zero attached hydrogens (tertiary/aromatic N) is 1. The summed E-state index contributed by atoms with van der Waals surface area (Å²) in [5, 5.41) is 11.8. The lowest BCUT2D eigenvalue weighted by atomic mass is 10.2. The van der Waals surface area contributed by atoms with Crippen molar-refractivity contribution in [3.8, 4) is 0 Å². The minimum Gasteiger partial charge on any atom is -0.321 e. The molecule has 9 heteroatoms. The summed E-state index contributed by atoms with van der Waals surface area (Å²) in [7, 11) is 0. The van der Waals surface area contributed by atoms with Gasteiger partial charge in [-0.05, 0) is 83.9 Å². The predicted octanol–water partition coefficient (Wildman–Crippen LogP) is 5.67. The van der Waals surface area contributed by atoms with E-state index < -0.39 is 5.91 Å². The topological polar surface area (TPSA) is 100 Å². The number of carbonyl (C=O) groups is 3. The number of carbonyl (C=O) groups excluding carboxylic acids is 3. The Balaban J connectivity index is 1.39. The number of anilines is 2. The van der Waals surface area contributed by atoms with Crippen molar-refractivity contribution >= 4 is 58.4 Å². The molecule has 0 bridgehead atoms. The number of amides is 3. The molecule has 0 radical (unpaired) electrons. The van der Waals surface area contributed by atoms with Crippen LogP contribution in [0.3, 0.4) is 0 Å². The van der Waals surface area contributed by atoms with Crippen molar-refractivity contribution < 1.29 is 14.4 Å². The lowest BCUT2D eigenvalue weighted by Gasteiger charge is -2.13. The van der Waals surface area contributed by atoms with Gasteiger partial charge in [-0.15, -0.1) is 11.8 Å². The molecule has 0 fully saturated rings. The Morgan fingerprint density at radius 2 is 1.68 bits per heavy atom. The van der Waals surface area contributed by atoms with Crippen molar-refractivity contribution in [2.24, 2.45) is 0 Å². The van der Waals surface area contributed by atoms with E-state index in [1.54, 1.807) is 60.8 Å². The molecule has 2 aromatic carbocycles. The van der Waals surface area contributed by atoms with Crippen LogP contribution in [0.1, 0.15) is 22.8 Å². The standard InChI is InChI=1S/C28H24N4O3S2/c1-19(26(33)32-25-9-5-6-15-29-25)37-23-12-10-22(11-13-23)30-28(35)24(17-20-14-16-36-18-20)31-27(34)21-7-3-2-4-8-21/h2-19H,1H3,(H,30,35)(H,31,34)(H,29,32,33)/b24-17-. The van der Waals surface area contributed by atoms with Gasteiger partial charge in [0.15, 0.2) is 0 Å². The summed E-state index contributed by atoms with van der Waals surface area (Å²) in [5.74, 6) is -0.469. The Kier molecular flexibility index (Phi) is 8.85. The van der Waals surface area contributed by atoms with Crippen molar-refractivity contribution in [3.05, 3.63) is 113 Å². The molecule has 0 spiro atoms. The van der Waals surface area contributed by atoms with Crippen molar-refractivity contribution in [2.45, 2.75) is 17.1 Å². The molecule has 0 aliphatic carbocycles. The van der Waals surface area contributed by atoms with E-state index in [1.165, 1.54) is 23.1 Å². The summed E-state index contributed by atoms with van der Waals surface area (Å²) in [6, 6.07) is 23.1. The van der Waals surface area contributed by atoms with Crippen LogP contribution in [0.5, 0.6) is 0 Å². The van der Waals surface area contributed by atoms with Gasteiger partial charge in [-0.25, -0.2) is 4.98 Å². The number of pyridine rings is 1. The predicted molar refractivity (Wildman–Crippen MR) is 149 cm³/mol. The molecule has 4 aromatic rings. The number of aromatic nitrogens is 1. The average Bonchev–Trinajstić information content (AvgIpc) is 3.43. The van der Waals surface area contributed by atoms with E-state index >= 15 is 0 Å². The van der Waals surface area contributed by atoms with Gasteiger partial charge in [-0.2, -0.15) is 11.3 Å². The van der Waals surface area contributed by atoms with Gasteiger partial charge in [-0.1, -0.05) is 24.3 Å². The highest BCUT2D eigenvalue weighted by molar-refractivity contribution is 8.00. The molecule has 186 valence electrons. The first-order valence-corrected chi connectivity index (χ1v) is 13.2. The van der Waals surface area contributed by atoms with Crippen LogP contribution in [-0.4, -0.2) is 28.0 Å². The highest BCUT2D eigenvalue weighted by Gasteiger charge is 2.17. The minimum atomic E-state index is -0.445. The molecular formula is C28H24N4O3S2. The molecule has 3 N–H and O–H groups in total. The Labute approximate surface area is 223 Å². The fourth-order valence-electron chi connectivity index (χ4n) is 3.20. The van der Waals surface area contributed by atoms with Gasteiger partial charge in [0.2, 0.25) is 5.91 Å². The lowest BCUT2D eigenvalue weighted by Crippen LogP contribution is -2.30. The van der Waals surface area contributed by atoms with Gasteiger partial charge in [0.05, 0.1) is 5.25 Å². The number of thioether (sulfide) groups is 1. The van der Waals surface area contributed by atoms with Crippen molar-refractivity contribution in [3.63, 3.8) is 0 Å². The Morgan fingerprint density at radius 3 is 2.35 bits per heavy atom. The van der Waals surface area contributed by atoms with Crippen molar-refractivity contribution in [2.75, 3.05) is 10.6 Å². The Bertz CT molecular complexity index is 1370. The van der Waals surface area contributed by atoms with Crippen LogP contribution in [0.2, 0.25) is 0 Å². The molecule has 0 aliphatic heterocycles. The van der Waals surface area contributed by atoms with Gasteiger partial charge in [0.25, 0.3) is 11.8 Å². The van der Waals surface area contributed by atoms with E-state index in [1.807, 2.05) is 48.0 Å². The molecule has 3 amide bonds. The van der Waals surface area contributed by atoms with E-state index in [4.69, 9.17) is 0 Å². The van der Waals surface area contributed by atoms with Gasteiger partial charge in [-0.3, -0.25) is 14.4 Å². The fraction of sp³-hybridized carbons (Fsp3) is 0.0714. The smallest absolute Gasteiger partial charge is 0.272 e. The SMILES string of the molecule is CC(Sc1ccc(NC(=O)/C(=C/c2ccsc2)NC(=O)c2ccccc2)cc1)C(=O)Nc1ccccn1. The van der Waals surface area contributed by atoms with Crippen LogP contribution in [0, 0.1) is 0 Å². The molecule has 37 heavy (non-hydrogen) atoms. The molecule has 0 aliphatic rings. The zero-order chi connectivity index (χ0) is 26.0. The number of rotatable bonds is 9. The molecule has 2 aromatic heterocycles. The highest BCUT2D eigenvalue weighted by atomic mass is 32.2. The second-order valence-electron chi connectivity index (χ2n) is 7.88. The van der Waals surface area contributed by atoms with Crippen LogP contribution in [0.15, 0.2) is 106 Å². The van der Waals surface area contributed by atoms with E-state index in [0.29, 0.717) is 17.1 Å². The second-order valence-corrected chi connectivity index (χ2v) is 10.1. The third-order valence-corrected chi connectivity index (χ3v) is 6.91. The fourth-order valence-corrected chi connectivity index (χ4v) is 4.69. The van der Waals surface area contributed by atoms with Crippen molar-refractivity contribution in [1.29, 1.82) is 0 Å². The molecule has 0 saturated carbocycles. The first kappa shape index (κ1) is 25.9. The first-order valence-electron chi connectivity index (χ1n) is 11.4. The molecule has 0 saturated heterocycles. The van der Waals surface area contributed by atoms with Gasteiger partial charge >= 0.3 is 0 Å². The lowest BCUT2D eigenvalue weighted by molar-refractivity contribution is -0.115. The summed E-state index contributed by atoms with van der Waals surface area (Å²) >= 11 is 2.89. The average molecular weight is 529 g/mol. The van der Waals surface area contributed by atoms with E-state index in [-0.39, 0.29) is 22.8 Å². The molecule has 1 atom stereocenters. The van der Waals surface area contributed by atoms with E-state index in [9.17, 15) is 14.4 Å². The number of hydrogen-bond acceptors (Lipinski definition) is 6. The van der Waals surface area contributed by atoms with E-state index in [0.717, 1.165) is 10.5 Å². The Hall–Kier alpha value is -4.21. The summed E-state index contributed by atoms with van der Waals surface area (Å²) in [5.41, 5.74) is 1.96. The molecule has 2 heterocycles. The maximum Gasteiger partial charge on any atom is 0.272 e. The first-order chi connectivity index (χ1) is 18.0. The van der Waals surface area contributed by atoms with Crippen LogP contribution in [0.4, 0.5) is 11.5 Å². The quantitative estimate of drug-likeness (QED) is 0.192. The molecular weight excluding hydrogens is 504 g/mol. The normalized spacial score (nSPS) is 11.9. The maximum absolute atomic E-state index is 13.1. The van der Waals surface area contributed by atoms with Gasteiger partial charge < -0.3 is 16.0 Å². The minimum absolute atomic E-state index is 0.130. The molecule has 7 nitrogen and oxygen atoms in total. The van der Waals surface area contributed by atoms with Gasteiger partial charge in [0.1, 0.15) is 11.5 Å². The Morgan fingerprint density at radius 1 is 0.919 bits per heavy atom. The third kappa shape index (κ3) is 7.63. The van der Waals surface area contributed by atoms with Crippen molar-refractivity contribution in [1.82, 2.24) is 10.3 Å². The summed E-state index contributed by atoms with van der Waals surface area (Å²) in [6.07, 6.45) is 3.26. The summed E-state index contributed by atoms with van der Waals surface area (Å²) in [6.45, 7) is 1.82. The number of benzene rings is 2. The van der Waals surface area contributed by atoms with Crippen LogP contribution in [-0.2, 0) is 9.59 Å². The highest BCUT2D eigenvalue weighted by Crippen LogP contribution is 2.25. The molecule has 4 rings (SSSR count).